The van der Waals surface area contributed by atoms with Crippen molar-refractivity contribution in [3.05, 3.63) is 51.5 Å². The van der Waals surface area contributed by atoms with Gasteiger partial charge in [-0.3, -0.25) is 4.98 Å². The van der Waals surface area contributed by atoms with E-state index in [4.69, 9.17) is 5.73 Å². The minimum atomic E-state index is 0.116. The van der Waals surface area contributed by atoms with Crippen molar-refractivity contribution in [1.29, 1.82) is 0 Å². The van der Waals surface area contributed by atoms with Crippen LogP contribution in [0.1, 0.15) is 39.8 Å². The third-order valence-electron chi connectivity index (χ3n) is 3.56. The fourth-order valence-corrected chi connectivity index (χ4v) is 3.83. The van der Waals surface area contributed by atoms with Gasteiger partial charge in [-0.1, -0.05) is 6.07 Å². The molecule has 1 atom stereocenters. The van der Waals surface area contributed by atoms with Gasteiger partial charge in [0.2, 0.25) is 0 Å². The van der Waals surface area contributed by atoms with Crippen molar-refractivity contribution in [1.82, 2.24) is 4.98 Å². The van der Waals surface area contributed by atoms with Crippen molar-refractivity contribution in [3.8, 4) is 0 Å². The van der Waals surface area contributed by atoms with Crippen molar-refractivity contribution in [3.63, 3.8) is 0 Å². The zero-order chi connectivity index (χ0) is 12.4. The van der Waals surface area contributed by atoms with Gasteiger partial charge in [0.15, 0.2) is 0 Å². The highest BCUT2D eigenvalue weighted by Crippen LogP contribution is 2.33. The van der Waals surface area contributed by atoms with E-state index in [2.05, 4.69) is 17.1 Å². The molecule has 0 aliphatic heterocycles. The van der Waals surface area contributed by atoms with Gasteiger partial charge in [-0.25, -0.2) is 0 Å². The molecule has 0 fully saturated rings. The highest BCUT2D eigenvalue weighted by atomic mass is 32.1. The van der Waals surface area contributed by atoms with Crippen molar-refractivity contribution >= 4 is 11.3 Å². The van der Waals surface area contributed by atoms with E-state index in [9.17, 15) is 0 Å². The predicted octanol–water partition coefficient (Wildman–Crippen LogP) is 3.26. The van der Waals surface area contributed by atoms with Crippen molar-refractivity contribution in [2.75, 3.05) is 0 Å². The number of pyridine rings is 1. The molecular weight excluding hydrogens is 240 g/mol. The molecule has 0 saturated heterocycles. The molecule has 2 N–H and O–H groups in total. The summed E-state index contributed by atoms with van der Waals surface area (Å²) in [5, 5.41) is 0. The molecule has 2 heterocycles. The lowest BCUT2D eigenvalue weighted by atomic mass is 9.98. The summed E-state index contributed by atoms with van der Waals surface area (Å²) >= 11 is 1.92. The summed E-state index contributed by atoms with van der Waals surface area (Å²) in [6, 6.07) is 6.52. The predicted molar refractivity (Wildman–Crippen MR) is 75.8 cm³/mol. The molecule has 2 nitrogen and oxygen atoms in total. The minimum Gasteiger partial charge on any atom is -0.323 e. The van der Waals surface area contributed by atoms with E-state index in [0.717, 1.165) is 6.42 Å². The Bertz CT molecular complexity index is 495. The number of fused-ring (bicyclic) bond motifs is 1. The second-order valence-electron chi connectivity index (χ2n) is 4.98. The first-order valence-corrected chi connectivity index (χ1v) is 7.40. The Morgan fingerprint density at radius 3 is 3.00 bits per heavy atom. The van der Waals surface area contributed by atoms with Gasteiger partial charge < -0.3 is 5.73 Å². The number of hydrogen-bond donors (Lipinski definition) is 1. The molecule has 94 valence electrons. The topological polar surface area (TPSA) is 38.9 Å². The first-order valence-electron chi connectivity index (χ1n) is 6.59. The Hall–Kier alpha value is -1.19. The summed E-state index contributed by atoms with van der Waals surface area (Å²) in [4.78, 5) is 7.05. The molecule has 3 rings (SSSR count). The monoisotopic (exact) mass is 258 g/mol. The average molecular weight is 258 g/mol. The zero-order valence-corrected chi connectivity index (χ0v) is 11.2. The summed E-state index contributed by atoms with van der Waals surface area (Å²) in [7, 11) is 0. The van der Waals surface area contributed by atoms with Gasteiger partial charge in [-0.05, 0) is 55.4 Å². The Kier molecular flexibility index (Phi) is 3.43. The SMILES string of the molecule is NC(Cc1cccnc1)c1cc2c(s1)CCCC2. The molecule has 1 unspecified atom stereocenters. The molecule has 0 radical (unpaired) electrons. The number of nitrogens with zero attached hydrogens (tertiary/aromatic N) is 1. The van der Waals surface area contributed by atoms with Crippen molar-refractivity contribution < 1.29 is 0 Å². The molecule has 1 aliphatic carbocycles. The largest absolute Gasteiger partial charge is 0.323 e. The van der Waals surface area contributed by atoms with Crippen LogP contribution in [0, 0.1) is 0 Å². The summed E-state index contributed by atoms with van der Waals surface area (Å²) in [6.07, 6.45) is 9.76. The zero-order valence-electron chi connectivity index (χ0n) is 10.4. The molecule has 2 aromatic rings. The van der Waals surface area contributed by atoms with E-state index in [1.54, 1.807) is 16.6 Å². The van der Waals surface area contributed by atoms with Crippen LogP contribution in [0.5, 0.6) is 0 Å². The standard InChI is InChI=1S/C15H18N2S/c16-13(8-11-4-3-7-17-10-11)15-9-12-5-1-2-6-14(12)18-15/h3-4,7,9-10,13H,1-2,5-6,8,16H2. The third-order valence-corrected chi connectivity index (χ3v) is 4.93. The normalized spacial score (nSPS) is 16.3. The Morgan fingerprint density at radius 1 is 1.33 bits per heavy atom. The first kappa shape index (κ1) is 11.9. The van der Waals surface area contributed by atoms with Crippen LogP contribution in [-0.4, -0.2) is 4.98 Å². The minimum absolute atomic E-state index is 0.116. The average Bonchev–Trinajstić information content (AvgIpc) is 2.84. The van der Waals surface area contributed by atoms with Gasteiger partial charge in [-0.2, -0.15) is 0 Å². The van der Waals surface area contributed by atoms with E-state index in [0.29, 0.717) is 0 Å². The second-order valence-corrected chi connectivity index (χ2v) is 6.14. The molecule has 0 bridgehead atoms. The molecule has 0 spiro atoms. The molecule has 2 aromatic heterocycles. The quantitative estimate of drug-likeness (QED) is 0.917. The van der Waals surface area contributed by atoms with Gasteiger partial charge in [0.1, 0.15) is 0 Å². The van der Waals surface area contributed by atoms with Crippen LogP contribution in [0.3, 0.4) is 0 Å². The van der Waals surface area contributed by atoms with Gasteiger partial charge in [-0.15, -0.1) is 11.3 Å². The maximum Gasteiger partial charge on any atom is 0.0431 e. The van der Waals surface area contributed by atoms with Gasteiger partial charge in [0, 0.05) is 28.2 Å². The Morgan fingerprint density at radius 2 is 2.22 bits per heavy atom. The van der Waals surface area contributed by atoms with Gasteiger partial charge in [0.25, 0.3) is 0 Å². The molecule has 3 heteroatoms. The van der Waals surface area contributed by atoms with Crippen molar-refractivity contribution in [2.24, 2.45) is 5.73 Å². The summed E-state index contributed by atoms with van der Waals surface area (Å²) < 4.78 is 0. The highest BCUT2D eigenvalue weighted by molar-refractivity contribution is 7.12. The number of thiophene rings is 1. The van der Waals surface area contributed by atoms with E-state index < -0.39 is 0 Å². The summed E-state index contributed by atoms with van der Waals surface area (Å²) in [5.74, 6) is 0. The van der Waals surface area contributed by atoms with Crippen LogP contribution >= 0.6 is 11.3 Å². The van der Waals surface area contributed by atoms with Gasteiger partial charge in [0.05, 0.1) is 0 Å². The van der Waals surface area contributed by atoms with E-state index in [1.165, 1.54) is 36.1 Å². The van der Waals surface area contributed by atoms with Crippen LogP contribution in [0.2, 0.25) is 0 Å². The molecule has 0 aromatic carbocycles. The van der Waals surface area contributed by atoms with Crippen LogP contribution in [0.25, 0.3) is 0 Å². The number of aromatic nitrogens is 1. The maximum absolute atomic E-state index is 6.32. The lowest BCUT2D eigenvalue weighted by Gasteiger charge is -2.08. The van der Waals surface area contributed by atoms with Crippen molar-refractivity contribution in [2.45, 2.75) is 38.1 Å². The molecular formula is C15H18N2S. The fraction of sp³-hybridized carbons (Fsp3) is 0.400. The molecule has 0 saturated carbocycles. The second kappa shape index (κ2) is 5.21. The first-order chi connectivity index (χ1) is 8.83. The van der Waals surface area contributed by atoms with Gasteiger partial charge >= 0.3 is 0 Å². The number of aryl methyl sites for hydroxylation is 2. The summed E-state index contributed by atoms with van der Waals surface area (Å²) in [6.45, 7) is 0. The molecule has 1 aliphatic rings. The van der Waals surface area contributed by atoms with Crippen LogP contribution in [0.4, 0.5) is 0 Å². The maximum atomic E-state index is 6.32. The van der Waals surface area contributed by atoms with Crippen LogP contribution in [-0.2, 0) is 19.3 Å². The number of rotatable bonds is 3. The summed E-state index contributed by atoms with van der Waals surface area (Å²) in [5.41, 5.74) is 9.08. The van der Waals surface area contributed by atoms with E-state index >= 15 is 0 Å². The Balaban J connectivity index is 1.76. The van der Waals surface area contributed by atoms with E-state index in [-0.39, 0.29) is 6.04 Å². The smallest absolute Gasteiger partial charge is 0.0431 e. The lowest BCUT2D eigenvalue weighted by molar-refractivity contribution is 0.695. The fourth-order valence-electron chi connectivity index (χ4n) is 2.57. The number of nitrogens with two attached hydrogens (primary N) is 1. The van der Waals surface area contributed by atoms with Crippen LogP contribution < -0.4 is 5.73 Å². The van der Waals surface area contributed by atoms with E-state index in [1.807, 2.05) is 23.6 Å². The lowest BCUT2D eigenvalue weighted by Crippen LogP contribution is -2.11. The molecule has 0 amide bonds. The molecule has 18 heavy (non-hydrogen) atoms. The van der Waals surface area contributed by atoms with Crippen LogP contribution in [0.15, 0.2) is 30.6 Å². The number of hydrogen-bond acceptors (Lipinski definition) is 3. The Labute approximate surface area is 112 Å². The third kappa shape index (κ3) is 2.47. The highest BCUT2D eigenvalue weighted by Gasteiger charge is 2.17.